The molecule has 0 aromatic carbocycles. The summed E-state index contributed by atoms with van der Waals surface area (Å²) < 4.78 is 0. The summed E-state index contributed by atoms with van der Waals surface area (Å²) in [5.41, 5.74) is 0. The highest BCUT2D eigenvalue weighted by atomic mass is 16.4. The predicted octanol–water partition coefficient (Wildman–Crippen LogP) is 0.309. The van der Waals surface area contributed by atoms with Gasteiger partial charge in [0.05, 0.1) is 6.54 Å². The Kier molecular flexibility index (Phi) is 5.25. The highest BCUT2D eigenvalue weighted by molar-refractivity contribution is 5.78. The summed E-state index contributed by atoms with van der Waals surface area (Å²) in [5, 5.41) is 11.7. The highest BCUT2D eigenvalue weighted by Crippen LogP contribution is 2.19. The van der Waals surface area contributed by atoms with E-state index in [1.807, 2.05) is 0 Å². The van der Waals surface area contributed by atoms with Crippen molar-refractivity contribution in [1.82, 2.24) is 10.2 Å². The average molecular weight is 228 g/mol. The molecule has 1 amide bonds. The standard InChI is InChI=1S/C11H20N2O3/c1-2-4-12-7-10(14)13-5-3-9(8-13)6-11(15)16/h9,12H,2-8H2,1H3,(H,15,16). The first-order valence-corrected chi connectivity index (χ1v) is 5.83. The molecule has 0 bridgehead atoms. The average Bonchev–Trinajstić information content (AvgIpc) is 2.65. The molecule has 1 aliphatic heterocycles. The van der Waals surface area contributed by atoms with E-state index in [9.17, 15) is 9.59 Å². The van der Waals surface area contributed by atoms with E-state index in [-0.39, 0.29) is 18.2 Å². The molecule has 0 saturated carbocycles. The van der Waals surface area contributed by atoms with E-state index in [0.717, 1.165) is 19.4 Å². The molecule has 0 aromatic heterocycles. The van der Waals surface area contributed by atoms with Crippen molar-refractivity contribution in [1.29, 1.82) is 0 Å². The Morgan fingerprint density at radius 3 is 2.88 bits per heavy atom. The first-order chi connectivity index (χ1) is 7.63. The van der Waals surface area contributed by atoms with Gasteiger partial charge < -0.3 is 15.3 Å². The van der Waals surface area contributed by atoms with Crippen LogP contribution in [0.3, 0.4) is 0 Å². The Balaban J connectivity index is 2.24. The number of carbonyl (C=O) groups excluding carboxylic acids is 1. The maximum Gasteiger partial charge on any atom is 0.303 e. The number of likely N-dealkylation sites (tertiary alicyclic amines) is 1. The van der Waals surface area contributed by atoms with Crippen LogP contribution in [0.25, 0.3) is 0 Å². The molecule has 0 aromatic rings. The van der Waals surface area contributed by atoms with Crippen LogP contribution in [0.2, 0.25) is 0 Å². The molecule has 1 unspecified atom stereocenters. The van der Waals surface area contributed by atoms with Crippen LogP contribution in [0.15, 0.2) is 0 Å². The van der Waals surface area contributed by atoms with Gasteiger partial charge in [-0.2, -0.15) is 0 Å². The van der Waals surface area contributed by atoms with Crippen molar-refractivity contribution >= 4 is 11.9 Å². The Morgan fingerprint density at radius 1 is 1.50 bits per heavy atom. The van der Waals surface area contributed by atoms with Crippen molar-refractivity contribution in [2.75, 3.05) is 26.2 Å². The van der Waals surface area contributed by atoms with Gasteiger partial charge in [0, 0.05) is 19.5 Å². The largest absolute Gasteiger partial charge is 0.481 e. The molecule has 1 aliphatic rings. The van der Waals surface area contributed by atoms with E-state index < -0.39 is 5.97 Å². The molecule has 1 heterocycles. The summed E-state index contributed by atoms with van der Waals surface area (Å²) in [6.07, 6.45) is 1.99. The summed E-state index contributed by atoms with van der Waals surface area (Å²) in [4.78, 5) is 24.0. The third kappa shape index (κ3) is 4.18. The molecule has 1 atom stereocenters. The van der Waals surface area contributed by atoms with Crippen LogP contribution in [0, 0.1) is 5.92 Å². The maximum atomic E-state index is 11.7. The lowest BCUT2D eigenvalue weighted by molar-refractivity contribution is -0.138. The molecular weight excluding hydrogens is 208 g/mol. The summed E-state index contributed by atoms with van der Waals surface area (Å²) in [6.45, 7) is 4.56. The third-order valence-corrected chi connectivity index (χ3v) is 2.80. The number of nitrogens with zero attached hydrogens (tertiary/aromatic N) is 1. The number of nitrogens with one attached hydrogen (secondary N) is 1. The Hall–Kier alpha value is -1.10. The first kappa shape index (κ1) is 13.0. The number of hydrogen-bond donors (Lipinski definition) is 2. The Bertz CT molecular complexity index is 256. The van der Waals surface area contributed by atoms with Crippen molar-refractivity contribution in [3.05, 3.63) is 0 Å². The van der Waals surface area contributed by atoms with Crippen LogP contribution in [-0.2, 0) is 9.59 Å². The number of amides is 1. The molecule has 0 aliphatic carbocycles. The highest BCUT2D eigenvalue weighted by Gasteiger charge is 2.27. The fourth-order valence-corrected chi connectivity index (χ4v) is 1.96. The monoisotopic (exact) mass is 228 g/mol. The summed E-state index contributed by atoms with van der Waals surface area (Å²) in [7, 11) is 0. The molecule has 0 radical (unpaired) electrons. The lowest BCUT2D eigenvalue weighted by Gasteiger charge is -2.16. The molecule has 92 valence electrons. The zero-order valence-corrected chi connectivity index (χ0v) is 9.74. The molecule has 2 N–H and O–H groups in total. The number of aliphatic carboxylic acids is 1. The topological polar surface area (TPSA) is 69.6 Å². The van der Waals surface area contributed by atoms with Gasteiger partial charge in [0.25, 0.3) is 0 Å². The van der Waals surface area contributed by atoms with E-state index in [2.05, 4.69) is 12.2 Å². The second kappa shape index (κ2) is 6.48. The zero-order chi connectivity index (χ0) is 12.0. The molecule has 1 rings (SSSR count). The first-order valence-electron chi connectivity index (χ1n) is 5.83. The predicted molar refractivity (Wildman–Crippen MR) is 60.1 cm³/mol. The van der Waals surface area contributed by atoms with Gasteiger partial charge in [-0.1, -0.05) is 6.92 Å². The molecule has 1 saturated heterocycles. The molecule has 0 spiro atoms. The van der Waals surface area contributed by atoms with Crippen LogP contribution in [-0.4, -0.2) is 48.1 Å². The maximum absolute atomic E-state index is 11.7. The van der Waals surface area contributed by atoms with Crippen molar-refractivity contribution < 1.29 is 14.7 Å². The van der Waals surface area contributed by atoms with Gasteiger partial charge in [-0.05, 0) is 25.3 Å². The molecule has 16 heavy (non-hydrogen) atoms. The van der Waals surface area contributed by atoms with Crippen molar-refractivity contribution in [3.63, 3.8) is 0 Å². The van der Waals surface area contributed by atoms with Crippen molar-refractivity contribution in [2.45, 2.75) is 26.2 Å². The van der Waals surface area contributed by atoms with Gasteiger partial charge >= 0.3 is 5.97 Å². The van der Waals surface area contributed by atoms with Gasteiger partial charge in [0.2, 0.25) is 5.91 Å². The van der Waals surface area contributed by atoms with Crippen molar-refractivity contribution in [2.24, 2.45) is 5.92 Å². The van der Waals surface area contributed by atoms with Gasteiger partial charge in [0.15, 0.2) is 0 Å². The van der Waals surface area contributed by atoms with E-state index >= 15 is 0 Å². The number of carboxylic acid groups (broad SMARTS) is 1. The molecule has 5 nitrogen and oxygen atoms in total. The van der Waals surface area contributed by atoms with Crippen LogP contribution in [0.1, 0.15) is 26.2 Å². The summed E-state index contributed by atoms with van der Waals surface area (Å²) in [5.74, 6) is -0.558. The van der Waals surface area contributed by atoms with E-state index in [1.165, 1.54) is 0 Å². The minimum atomic E-state index is -0.775. The van der Waals surface area contributed by atoms with E-state index in [0.29, 0.717) is 19.6 Å². The second-order valence-corrected chi connectivity index (χ2v) is 4.27. The third-order valence-electron chi connectivity index (χ3n) is 2.80. The lowest BCUT2D eigenvalue weighted by Crippen LogP contribution is -2.37. The fourth-order valence-electron chi connectivity index (χ4n) is 1.96. The Morgan fingerprint density at radius 2 is 2.25 bits per heavy atom. The van der Waals surface area contributed by atoms with E-state index in [4.69, 9.17) is 5.11 Å². The number of carbonyl (C=O) groups is 2. The smallest absolute Gasteiger partial charge is 0.303 e. The quantitative estimate of drug-likeness (QED) is 0.642. The van der Waals surface area contributed by atoms with Crippen molar-refractivity contribution in [3.8, 4) is 0 Å². The number of hydrogen-bond acceptors (Lipinski definition) is 3. The van der Waals surface area contributed by atoms with Crippen LogP contribution in [0.4, 0.5) is 0 Å². The summed E-state index contributed by atoms with van der Waals surface area (Å²) in [6, 6.07) is 0. The van der Waals surface area contributed by atoms with Gasteiger partial charge in [-0.25, -0.2) is 0 Å². The fraction of sp³-hybridized carbons (Fsp3) is 0.818. The van der Waals surface area contributed by atoms with Crippen LogP contribution in [0.5, 0.6) is 0 Å². The van der Waals surface area contributed by atoms with Gasteiger partial charge in [-0.15, -0.1) is 0 Å². The molecule has 1 fully saturated rings. The van der Waals surface area contributed by atoms with Crippen LogP contribution < -0.4 is 5.32 Å². The Labute approximate surface area is 95.8 Å². The molecule has 5 heteroatoms. The zero-order valence-electron chi connectivity index (χ0n) is 9.74. The van der Waals surface area contributed by atoms with Gasteiger partial charge in [-0.3, -0.25) is 9.59 Å². The minimum absolute atomic E-state index is 0.0846. The normalized spacial score (nSPS) is 20.1. The number of carboxylic acids is 1. The lowest BCUT2D eigenvalue weighted by atomic mass is 10.1. The van der Waals surface area contributed by atoms with Crippen LogP contribution >= 0.6 is 0 Å². The SMILES string of the molecule is CCCNCC(=O)N1CCC(CC(=O)O)C1. The molecular formula is C11H20N2O3. The van der Waals surface area contributed by atoms with Gasteiger partial charge in [0.1, 0.15) is 0 Å². The van der Waals surface area contributed by atoms with E-state index in [1.54, 1.807) is 4.90 Å². The summed E-state index contributed by atoms with van der Waals surface area (Å²) >= 11 is 0. The minimum Gasteiger partial charge on any atom is -0.481 e. The second-order valence-electron chi connectivity index (χ2n) is 4.27. The number of rotatable bonds is 6.